The molecule has 0 aliphatic heterocycles. The number of methoxy groups -OCH3 is 1. The number of carbonyl (C=O) groups is 1. The van der Waals surface area contributed by atoms with E-state index in [4.69, 9.17) is 4.74 Å². The van der Waals surface area contributed by atoms with Crippen molar-refractivity contribution in [2.75, 3.05) is 19.0 Å². The average Bonchev–Trinajstić information content (AvgIpc) is 2.76. The van der Waals surface area contributed by atoms with E-state index in [1.807, 2.05) is 0 Å². The number of rotatable bonds is 4. The molecule has 0 unspecified atom stereocenters. The maximum atomic E-state index is 11.4. The van der Waals surface area contributed by atoms with Crippen LogP contribution in [0, 0.1) is 16.7 Å². The van der Waals surface area contributed by atoms with E-state index in [0.29, 0.717) is 22.3 Å². The van der Waals surface area contributed by atoms with Crippen molar-refractivity contribution in [1.82, 2.24) is 4.98 Å². The number of nitrogens with zero attached hydrogens (tertiary/aromatic N) is 1. The molecule has 1 fully saturated rings. The molecule has 2 rings (SSSR count). The first-order chi connectivity index (χ1) is 8.80. The molecule has 0 bridgehead atoms. The second-order valence-electron chi connectivity index (χ2n) is 6.30. The monoisotopic (exact) mass is 262 g/mol. The molecule has 1 saturated carbocycles. The van der Waals surface area contributed by atoms with Gasteiger partial charge in [-0.05, 0) is 28.9 Å². The maximum absolute atomic E-state index is 11.4. The average molecular weight is 262 g/mol. The van der Waals surface area contributed by atoms with Gasteiger partial charge in [-0.25, -0.2) is 9.78 Å². The number of aromatic nitrogens is 1. The number of esters is 1. The summed E-state index contributed by atoms with van der Waals surface area (Å²) in [5.41, 5.74) is 1.22. The quantitative estimate of drug-likeness (QED) is 0.848. The van der Waals surface area contributed by atoms with E-state index in [9.17, 15) is 4.79 Å². The van der Waals surface area contributed by atoms with Crippen LogP contribution in [0.4, 0.5) is 5.82 Å². The number of hydrogen-bond donors (Lipinski definition) is 1. The maximum Gasteiger partial charge on any atom is 0.338 e. The molecule has 0 radical (unpaired) electrons. The normalized spacial score (nSPS) is 19.8. The lowest BCUT2D eigenvalue weighted by atomic mass is 10.0. The second kappa shape index (κ2) is 4.51. The number of anilines is 1. The van der Waals surface area contributed by atoms with E-state index >= 15 is 0 Å². The highest BCUT2D eigenvalue weighted by atomic mass is 16.5. The van der Waals surface area contributed by atoms with Crippen LogP contribution in [0.1, 0.15) is 38.1 Å². The summed E-state index contributed by atoms with van der Waals surface area (Å²) in [6.07, 6.45) is 1.62. The molecule has 19 heavy (non-hydrogen) atoms. The van der Waals surface area contributed by atoms with E-state index in [1.54, 1.807) is 18.3 Å². The highest BCUT2D eigenvalue weighted by Gasteiger charge is 2.64. The summed E-state index contributed by atoms with van der Waals surface area (Å²) in [5.74, 6) is 1.00. The van der Waals surface area contributed by atoms with Crippen LogP contribution in [0.15, 0.2) is 18.3 Å². The Balaban J connectivity index is 2.00. The predicted molar refractivity (Wildman–Crippen MR) is 75.1 cm³/mol. The molecule has 1 aromatic rings. The molecular weight excluding hydrogens is 240 g/mol. The van der Waals surface area contributed by atoms with E-state index in [-0.39, 0.29) is 5.97 Å². The summed E-state index contributed by atoms with van der Waals surface area (Å²) in [5, 5.41) is 3.32. The first kappa shape index (κ1) is 13.8. The Morgan fingerprint density at radius 1 is 1.37 bits per heavy atom. The van der Waals surface area contributed by atoms with Gasteiger partial charge in [-0.1, -0.05) is 27.7 Å². The van der Waals surface area contributed by atoms with Crippen molar-refractivity contribution in [3.63, 3.8) is 0 Å². The molecule has 1 N–H and O–H groups in total. The van der Waals surface area contributed by atoms with Crippen LogP contribution in [0.3, 0.4) is 0 Å². The van der Waals surface area contributed by atoms with Crippen molar-refractivity contribution in [2.45, 2.75) is 27.7 Å². The third-order valence-electron chi connectivity index (χ3n) is 4.99. The zero-order chi connectivity index (χ0) is 14.3. The van der Waals surface area contributed by atoms with Gasteiger partial charge in [0.1, 0.15) is 5.82 Å². The smallest absolute Gasteiger partial charge is 0.338 e. The van der Waals surface area contributed by atoms with Gasteiger partial charge in [0.2, 0.25) is 0 Å². The fraction of sp³-hybridized carbons (Fsp3) is 0.600. The second-order valence-corrected chi connectivity index (χ2v) is 6.30. The number of ether oxygens (including phenoxy) is 1. The molecule has 1 aliphatic carbocycles. The van der Waals surface area contributed by atoms with Gasteiger partial charge in [-0.3, -0.25) is 0 Å². The van der Waals surface area contributed by atoms with E-state index < -0.39 is 0 Å². The van der Waals surface area contributed by atoms with Crippen molar-refractivity contribution in [3.05, 3.63) is 23.9 Å². The van der Waals surface area contributed by atoms with Crippen LogP contribution >= 0.6 is 0 Å². The SMILES string of the molecule is COC(=O)c1ccnc(NCC2C(C)(C)C2(C)C)c1. The first-order valence-electron chi connectivity index (χ1n) is 6.59. The summed E-state index contributed by atoms with van der Waals surface area (Å²) in [7, 11) is 1.38. The minimum Gasteiger partial charge on any atom is -0.465 e. The zero-order valence-electron chi connectivity index (χ0n) is 12.3. The highest BCUT2D eigenvalue weighted by molar-refractivity contribution is 5.89. The van der Waals surface area contributed by atoms with Gasteiger partial charge in [0.25, 0.3) is 0 Å². The van der Waals surface area contributed by atoms with Gasteiger partial charge < -0.3 is 10.1 Å². The number of nitrogens with one attached hydrogen (secondary N) is 1. The molecule has 1 aromatic heterocycles. The van der Waals surface area contributed by atoms with Crippen molar-refractivity contribution in [3.8, 4) is 0 Å². The molecule has 4 nitrogen and oxygen atoms in total. The lowest BCUT2D eigenvalue weighted by Crippen LogP contribution is -2.10. The Kier molecular flexibility index (Phi) is 3.29. The molecule has 104 valence electrons. The van der Waals surface area contributed by atoms with Gasteiger partial charge in [-0.2, -0.15) is 0 Å². The van der Waals surface area contributed by atoms with E-state index in [2.05, 4.69) is 38.0 Å². The molecular formula is C15H22N2O2. The Labute approximate surface area is 114 Å². The van der Waals surface area contributed by atoms with Crippen molar-refractivity contribution >= 4 is 11.8 Å². The Hall–Kier alpha value is -1.58. The first-order valence-corrected chi connectivity index (χ1v) is 6.59. The van der Waals surface area contributed by atoms with Gasteiger partial charge in [0.15, 0.2) is 0 Å². The van der Waals surface area contributed by atoms with Crippen LogP contribution < -0.4 is 5.32 Å². The third-order valence-corrected chi connectivity index (χ3v) is 4.99. The Bertz CT molecular complexity index is 481. The summed E-state index contributed by atoms with van der Waals surface area (Å²) >= 11 is 0. The zero-order valence-corrected chi connectivity index (χ0v) is 12.3. The molecule has 0 amide bonds. The molecule has 0 atom stereocenters. The van der Waals surface area contributed by atoms with E-state index in [1.165, 1.54) is 7.11 Å². The standard InChI is InChI=1S/C15H22N2O2/c1-14(2)11(15(14,3)4)9-17-12-8-10(6-7-16-12)13(18)19-5/h6-8,11H,9H2,1-5H3,(H,16,17). The summed E-state index contributed by atoms with van der Waals surface area (Å²) in [6, 6.07) is 3.39. The van der Waals surface area contributed by atoms with Crippen LogP contribution in [0.25, 0.3) is 0 Å². The van der Waals surface area contributed by atoms with Gasteiger partial charge in [-0.15, -0.1) is 0 Å². The summed E-state index contributed by atoms with van der Waals surface area (Å²) < 4.78 is 4.70. The fourth-order valence-electron chi connectivity index (χ4n) is 2.82. The molecule has 4 heteroatoms. The summed E-state index contributed by atoms with van der Waals surface area (Å²) in [6.45, 7) is 10.0. The third kappa shape index (κ3) is 2.31. The lowest BCUT2D eigenvalue weighted by molar-refractivity contribution is 0.0600. The van der Waals surface area contributed by atoms with E-state index in [0.717, 1.165) is 12.4 Å². The van der Waals surface area contributed by atoms with Crippen LogP contribution in [0.5, 0.6) is 0 Å². The topological polar surface area (TPSA) is 51.2 Å². The van der Waals surface area contributed by atoms with Crippen molar-refractivity contribution in [1.29, 1.82) is 0 Å². The van der Waals surface area contributed by atoms with Crippen LogP contribution in [-0.4, -0.2) is 24.6 Å². The van der Waals surface area contributed by atoms with Gasteiger partial charge in [0, 0.05) is 12.7 Å². The van der Waals surface area contributed by atoms with Crippen LogP contribution in [-0.2, 0) is 4.74 Å². The minimum atomic E-state index is -0.336. The molecule has 1 heterocycles. The van der Waals surface area contributed by atoms with Crippen molar-refractivity contribution < 1.29 is 9.53 Å². The Morgan fingerprint density at radius 2 is 2.00 bits per heavy atom. The molecule has 0 spiro atoms. The number of carbonyl (C=O) groups excluding carboxylic acids is 1. The van der Waals surface area contributed by atoms with Crippen molar-refractivity contribution in [2.24, 2.45) is 16.7 Å². The molecule has 0 aromatic carbocycles. The van der Waals surface area contributed by atoms with Crippen LogP contribution in [0.2, 0.25) is 0 Å². The number of hydrogen-bond acceptors (Lipinski definition) is 4. The predicted octanol–water partition coefficient (Wildman–Crippen LogP) is 2.96. The van der Waals surface area contributed by atoms with Gasteiger partial charge >= 0.3 is 5.97 Å². The fourth-order valence-corrected chi connectivity index (χ4v) is 2.82. The largest absolute Gasteiger partial charge is 0.465 e. The Morgan fingerprint density at radius 3 is 2.53 bits per heavy atom. The highest BCUT2D eigenvalue weighted by Crippen LogP contribution is 2.68. The van der Waals surface area contributed by atoms with Gasteiger partial charge in [0.05, 0.1) is 12.7 Å². The molecule has 1 aliphatic rings. The lowest BCUT2D eigenvalue weighted by Gasteiger charge is -2.07. The summed E-state index contributed by atoms with van der Waals surface area (Å²) in [4.78, 5) is 15.7. The number of pyridine rings is 1. The molecule has 0 saturated heterocycles. The minimum absolute atomic E-state index is 0.336.